The summed E-state index contributed by atoms with van der Waals surface area (Å²) in [4.78, 5) is 6.92. The molecule has 2 heterocycles. The van der Waals surface area contributed by atoms with Gasteiger partial charge in [-0.1, -0.05) is 23.8 Å². The highest BCUT2D eigenvalue weighted by atomic mass is 15.4. The molecule has 1 saturated heterocycles. The number of anilines is 1. The lowest BCUT2D eigenvalue weighted by molar-refractivity contribution is 0.411. The second-order valence-electron chi connectivity index (χ2n) is 5.97. The number of piperidine rings is 1. The Labute approximate surface area is 125 Å². The molecule has 2 aromatic rings. The molecular formula is C16H23N5. The number of nitrogens with zero attached hydrogens (tertiary/aromatic N) is 3. The van der Waals surface area contributed by atoms with Gasteiger partial charge in [-0.05, 0) is 44.7 Å². The van der Waals surface area contributed by atoms with Crippen LogP contribution in [0, 0.1) is 19.8 Å². The van der Waals surface area contributed by atoms with E-state index in [-0.39, 0.29) is 0 Å². The van der Waals surface area contributed by atoms with Crippen LogP contribution < -0.4 is 10.6 Å². The molecule has 0 saturated carbocycles. The minimum atomic E-state index is 0.652. The predicted octanol–water partition coefficient (Wildman–Crippen LogP) is 2.26. The van der Waals surface area contributed by atoms with E-state index in [0.717, 1.165) is 49.8 Å². The van der Waals surface area contributed by atoms with Gasteiger partial charge in [0.05, 0.1) is 0 Å². The number of H-pyrrole nitrogens is 1. The van der Waals surface area contributed by atoms with Crippen LogP contribution in [-0.2, 0) is 0 Å². The van der Waals surface area contributed by atoms with Gasteiger partial charge in [0.2, 0.25) is 5.95 Å². The molecule has 3 rings (SSSR count). The van der Waals surface area contributed by atoms with Crippen molar-refractivity contribution in [1.29, 1.82) is 0 Å². The Morgan fingerprint density at radius 2 is 2.05 bits per heavy atom. The van der Waals surface area contributed by atoms with Crippen LogP contribution in [0.5, 0.6) is 0 Å². The summed E-state index contributed by atoms with van der Waals surface area (Å²) in [5.74, 6) is 2.31. The Bertz CT molecular complexity index is 611. The topological polar surface area (TPSA) is 70.8 Å². The fourth-order valence-electron chi connectivity index (χ4n) is 2.96. The second-order valence-corrected chi connectivity index (χ2v) is 5.97. The first-order valence-electron chi connectivity index (χ1n) is 7.62. The van der Waals surface area contributed by atoms with Crippen LogP contribution in [0.3, 0.4) is 0 Å². The van der Waals surface area contributed by atoms with Crippen LogP contribution in [0.15, 0.2) is 18.2 Å². The third-order valence-electron chi connectivity index (χ3n) is 4.34. The molecule has 1 aromatic heterocycles. The standard InChI is InChI=1S/C16H23N5/c1-11-3-4-14(12(2)9-11)15-18-16(20-19-15)21-7-5-13(10-17)6-8-21/h3-4,9,13H,5-8,10,17H2,1-2H3,(H,18,19,20). The number of rotatable bonds is 3. The average molecular weight is 285 g/mol. The van der Waals surface area contributed by atoms with Gasteiger partial charge in [-0.3, -0.25) is 5.10 Å². The second kappa shape index (κ2) is 5.85. The zero-order valence-electron chi connectivity index (χ0n) is 12.8. The average Bonchev–Trinajstić information content (AvgIpc) is 2.97. The van der Waals surface area contributed by atoms with E-state index in [2.05, 4.69) is 52.1 Å². The van der Waals surface area contributed by atoms with E-state index in [4.69, 9.17) is 5.73 Å². The summed E-state index contributed by atoms with van der Waals surface area (Å²) in [5.41, 5.74) is 9.35. The molecule has 0 bridgehead atoms. The largest absolute Gasteiger partial charge is 0.340 e. The number of aryl methyl sites for hydroxylation is 2. The van der Waals surface area contributed by atoms with Gasteiger partial charge >= 0.3 is 0 Å². The van der Waals surface area contributed by atoms with Gasteiger partial charge in [-0.25, -0.2) is 0 Å². The highest BCUT2D eigenvalue weighted by Gasteiger charge is 2.21. The van der Waals surface area contributed by atoms with Crippen molar-refractivity contribution in [1.82, 2.24) is 15.2 Å². The minimum Gasteiger partial charge on any atom is -0.340 e. The summed E-state index contributed by atoms with van der Waals surface area (Å²) in [5, 5.41) is 7.47. The molecular weight excluding hydrogens is 262 g/mol. The predicted molar refractivity (Wildman–Crippen MR) is 85.3 cm³/mol. The maximum Gasteiger partial charge on any atom is 0.245 e. The Morgan fingerprint density at radius 3 is 2.71 bits per heavy atom. The van der Waals surface area contributed by atoms with Gasteiger partial charge in [0.1, 0.15) is 0 Å². The van der Waals surface area contributed by atoms with Crippen molar-refractivity contribution < 1.29 is 0 Å². The van der Waals surface area contributed by atoms with E-state index in [1.165, 1.54) is 11.1 Å². The van der Waals surface area contributed by atoms with Crippen LogP contribution >= 0.6 is 0 Å². The fraction of sp³-hybridized carbons (Fsp3) is 0.500. The smallest absolute Gasteiger partial charge is 0.245 e. The summed E-state index contributed by atoms with van der Waals surface area (Å²) in [6, 6.07) is 6.39. The van der Waals surface area contributed by atoms with Crippen LogP contribution in [0.2, 0.25) is 0 Å². The number of nitrogens with two attached hydrogens (primary N) is 1. The summed E-state index contributed by atoms with van der Waals surface area (Å²) < 4.78 is 0. The molecule has 1 aliphatic rings. The summed E-state index contributed by atoms with van der Waals surface area (Å²) in [6.07, 6.45) is 2.26. The Kier molecular flexibility index (Phi) is 3.92. The Balaban J connectivity index is 1.77. The lowest BCUT2D eigenvalue weighted by atomic mass is 9.97. The molecule has 1 fully saturated rings. The molecule has 0 unspecified atom stereocenters. The van der Waals surface area contributed by atoms with Crippen molar-refractivity contribution in [3.63, 3.8) is 0 Å². The number of aromatic amines is 1. The van der Waals surface area contributed by atoms with Crippen molar-refractivity contribution in [2.45, 2.75) is 26.7 Å². The molecule has 5 nitrogen and oxygen atoms in total. The Morgan fingerprint density at radius 1 is 1.29 bits per heavy atom. The van der Waals surface area contributed by atoms with E-state index in [1.54, 1.807) is 0 Å². The fourth-order valence-corrected chi connectivity index (χ4v) is 2.96. The molecule has 0 spiro atoms. The first-order valence-corrected chi connectivity index (χ1v) is 7.62. The van der Waals surface area contributed by atoms with Crippen LogP contribution in [0.4, 0.5) is 5.95 Å². The van der Waals surface area contributed by atoms with Gasteiger partial charge in [0.25, 0.3) is 0 Å². The molecule has 1 aliphatic heterocycles. The summed E-state index contributed by atoms with van der Waals surface area (Å²) in [7, 11) is 0. The molecule has 5 heteroatoms. The molecule has 0 aliphatic carbocycles. The molecule has 1 aromatic carbocycles. The maximum atomic E-state index is 5.74. The number of nitrogens with one attached hydrogen (secondary N) is 1. The van der Waals surface area contributed by atoms with Crippen LogP contribution in [0.25, 0.3) is 11.4 Å². The third-order valence-corrected chi connectivity index (χ3v) is 4.34. The van der Waals surface area contributed by atoms with Gasteiger partial charge in [-0.15, -0.1) is 5.10 Å². The van der Waals surface area contributed by atoms with Crippen LogP contribution in [0.1, 0.15) is 24.0 Å². The lowest BCUT2D eigenvalue weighted by Gasteiger charge is -2.30. The van der Waals surface area contributed by atoms with Crippen molar-refractivity contribution >= 4 is 5.95 Å². The zero-order valence-corrected chi connectivity index (χ0v) is 12.8. The highest BCUT2D eigenvalue weighted by molar-refractivity contribution is 5.61. The number of hydrogen-bond donors (Lipinski definition) is 2. The number of hydrogen-bond acceptors (Lipinski definition) is 4. The van der Waals surface area contributed by atoms with Crippen molar-refractivity contribution in [3.05, 3.63) is 29.3 Å². The van der Waals surface area contributed by atoms with Gasteiger partial charge in [0, 0.05) is 18.7 Å². The van der Waals surface area contributed by atoms with E-state index < -0.39 is 0 Å². The normalized spacial score (nSPS) is 16.4. The first kappa shape index (κ1) is 14.1. The minimum absolute atomic E-state index is 0.652. The van der Waals surface area contributed by atoms with Crippen molar-refractivity contribution in [3.8, 4) is 11.4 Å². The summed E-state index contributed by atoms with van der Waals surface area (Å²) in [6.45, 7) is 6.98. The molecule has 0 amide bonds. The molecule has 3 N–H and O–H groups in total. The van der Waals surface area contributed by atoms with Crippen LogP contribution in [-0.4, -0.2) is 34.8 Å². The van der Waals surface area contributed by atoms with E-state index in [1.807, 2.05) is 0 Å². The molecule has 0 radical (unpaired) electrons. The van der Waals surface area contributed by atoms with E-state index in [9.17, 15) is 0 Å². The zero-order chi connectivity index (χ0) is 14.8. The van der Waals surface area contributed by atoms with Gasteiger partial charge in [-0.2, -0.15) is 4.98 Å². The SMILES string of the molecule is Cc1ccc(-c2nc(N3CCC(CN)CC3)n[nH]2)c(C)c1. The monoisotopic (exact) mass is 285 g/mol. The first-order chi connectivity index (χ1) is 10.2. The molecule has 0 atom stereocenters. The van der Waals surface area contributed by atoms with Crippen molar-refractivity contribution in [2.24, 2.45) is 11.7 Å². The number of aromatic nitrogens is 3. The highest BCUT2D eigenvalue weighted by Crippen LogP contribution is 2.24. The van der Waals surface area contributed by atoms with Crippen molar-refractivity contribution in [2.75, 3.05) is 24.5 Å². The number of benzene rings is 1. The van der Waals surface area contributed by atoms with Gasteiger partial charge in [0.15, 0.2) is 5.82 Å². The third kappa shape index (κ3) is 2.93. The lowest BCUT2D eigenvalue weighted by Crippen LogP contribution is -2.36. The molecule has 112 valence electrons. The quantitative estimate of drug-likeness (QED) is 0.907. The van der Waals surface area contributed by atoms with Gasteiger partial charge < -0.3 is 10.6 Å². The Hall–Kier alpha value is -1.88. The maximum absolute atomic E-state index is 5.74. The summed E-state index contributed by atoms with van der Waals surface area (Å²) >= 11 is 0. The van der Waals surface area contributed by atoms with E-state index >= 15 is 0 Å². The van der Waals surface area contributed by atoms with E-state index in [0.29, 0.717) is 5.92 Å². The molecule has 21 heavy (non-hydrogen) atoms.